The van der Waals surface area contributed by atoms with Crippen LogP contribution in [-0.4, -0.2) is 7.05 Å². The smallest absolute Gasteiger partial charge is 0.0574 e. The largest absolute Gasteiger partial charge is 0.309 e. The molecule has 0 radical (unpaired) electrons. The van der Waals surface area contributed by atoms with E-state index in [0.717, 1.165) is 0 Å². The van der Waals surface area contributed by atoms with Crippen LogP contribution in [0.3, 0.4) is 0 Å². The van der Waals surface area contributed by atoms with Gasteiger partial charge in [-0.05, 0) is 41.1 Å². The second-order valence-corrected chi connectivity index (χ2v) is 6.36. The van der Waals surface area contributed by atoms with E-state index in [4.69, 9.17) is 0 Å². The maximum Gasteiger partial charge on any atom is 0.0574 e. The molecule has 0 saturated heterocycles. The number of benzene rings is 2. The zero-order valence-electron chi connectivity index (χ0n) is 13.9. The van der Waals surface area contributed by atoms with E-state index in [2.05, 4.69) is 81.5 Å². The summed E-state index contributed by atoms with van der Waals surface area (Å²) < 4.78 is 0. The molecule has 2 aromatic rings. The molecule has 21 heavy (non-hydrogen) atoms. The minimum Gasteiger partial charge on any atom is -0.309 e. The van der Waals surface area contributed by atoms with Crippen LogP contribution in [0.5, 0.6) is 0 Å². The van der Waals surface area contributed by atoms with Gasteiger partial charge in [0.15, 0.2) is 0 Å². The van der Waals surface area contributed by atoms with Crippen molar-refractivity contribution < 1.29 is 0 Å². The van der Waals surface area contributed by atoms with Gasteiger partial charge < -0.3 is 5.32 Å². The van der Waals surface area contributed by atoms with Crippen LogP contribution in [0, 0.1) is 0 Å². The normalized spacial score (nSPS) is 11.6. The zero-order valence-corrected chi connectivity index (χ0v) is 13.9. The summed E-state index contributed by atoms with van der Waals surface area (Å²) in [5.41, 5.74) is 5.42. The van der Waals surface area contributed by atoms with Crippen molar-refractivity contribution in [1.29, 1.82) is 0 Å². The number of nitrogens with one attached hydrogen (secondary N) is 1. The lowest BCUT2D eigenvalue weighted by Crippen LogP contribution is -2.17. The van der Waals surface area contributed by atoms with E-state index < -0.39 is 0 Å². The van der Waals surface area contributed by atoms with Crippen LogP contribution in [-0.2, 0) is 0 Å². The predicted octanol–water partition coefficient (Wildman–Crippen LogP) is 5.24. The third-order valence-corrected chi connectivity index (χ3v) is 4.16. The molecule has 0 bridgehead atoms. The molecule has 1 N–H and O–H groups in total. The molecule has 0 atom stereocenters. The first-order valence-electron chi connectivity index (χ1n) is 7.90. The molecule has 1 nitrogen and oxygen atoms in total. The van der Waals surface area contributed by atoms with Crippen LogP contribution in [0.4, 0.5) is 0 Å². The Morgan fingerprint density at radius 3 is 1.10 bits per heavy atom. The number of rotatable bonds is 5. The van der Waals surface area contributed by atoms with Crippen molar-refractivity contribution in [3.05, 3.63) is 70.8 Å². The van der Waals surface area contributed by atoms with Crippen molar-refractivity contribution >= 4 is 0 Å². The molecule has 0 aromatic heterocycles. The molecule has 0 unspecified atom stereocenters. The van der Waals surface area contributed by atoms with Gasteiger partial charge in [-0.25, -0.2) is 0 Å². The highest BCUT2D eigenvalue weighted by Gasteiger charge is 2.12. The molecule has 0 heterocycles. The van der Waals surface area contributed by atoms with E-state index in [1.165, 1.54) is 22.3 Å². The van der Waals surface area contributed by atoms with Crippen LogP contribution in [0.15, 0.2) is 48.5 Å². The Morgan fingerprint density at radius 1 is 0.571 bits per heavy atom. The molecule has 0 aliphatic heterocycles. The molecule has 0 fully saturated rings. The average Bonchev–Trinajstić information content (AvgIpc) is 2.49. The molecular weight excluding hydrogens is 254 g/mol. The van der Waals surface area contributed by atoms with E-state index in [0.29, 0.717) is 11.8 Å². The topological polar surface area (TPSA) is 12.0 Å². The van der Waals surface area contributed by atoms with Gasteiger partial charge in [0.1, 0.15) is 0 Å². The maximum absolute atomic E-state index is 3.43. The summed E-state index contributed by atoms with van der Waals surface area (Å²) in [4.78, 5) is 0. The summed E-state index contributed by atoms with van der Waals surface area (Å²) in [5, 5.41) is 3.43. The van der Waals surface area contributed by atoms with Crippen LogP contribution >= 0.6 is 0 Å². The molecule has 0 aliphatic carbocycles. The fourth-order valence-corrected chi connectivity index (χ4v) is 2.67. The van der Waals surface area contributed by atoms with Crippen LogP contribution in [0.2, 0.25) is 0 Å². The second-order valence-electron chi connectivity index (χ2n) is 6.36. The van der Waals surface area contributed by atoms with Crippen molar-refractivity contribution in [3.63, 3.8) is 0 Å². The van der Waals surface area contributed by atoms with Crippen molar-refractivity contribution in [2.75, 3.05) is 7.05 Å². The highest BCUT2D eigenvalue weighted by Crippen LogP contribution is 2.25. The van der Waals surface area contributed by atoms with Crippen molar-refractivity contribution in [3.8, 4) is 0 Å². The summed E-state index contributed by atoms with van der Waals surface area (Å²) in [6, 6.07) is 18.2. The lowest BCUT2D eigenvalue weighted by atomic mass is 9.93. The molecule has 0 saturated carbocycles. The average molecular weight is 281 g/mol. The molecule has 0 amide bonds. The van der Waals surface area contributed by atoms with Crippen molar-refractivity contribution in [2.24, 2.45) is 0 Å². The Balaban J connectivity index is 2.26. The molecule has 0 aliphatic rings. The Kier molecular flexibility index (Phi) is 5.19. The van der Waals surface area contributed by atoms with E-state index >= 15 is 0 Å². The van der Waals surface area contributed by atoms with Gasteiger partial charge in [-0.3, -0.25) is 0 Å². The third-order valence-electron chi connectivity index (χ3n) is 4.16. The Labute approximate surface area is 129 Å². The lowest BCUT2D eigenvalue weighted by molar-refractivity contribution is 0.690. The van der Waals surface area contributed by atoms with E-state index in [9.17, 15) is 0 Å². The maximum atomic E-state index is 3.43. The van der Waals surface area contributed by atoms with E-state index in [-0.39, 0.29) is 6.04 Å². The first-order chi connectivity index (χ1) is 10.0. The number of hydrogen-bond acceptors (Lipinski definition) is 1. The van der Waals surface area contributed by atoms with Gasteiger partial charge in [0.05, 0.1) is 6.04 Å². The van der Waals surface area contributed by atoms with Crippen LogP contribution in [0.1, 0.15) is 67.8 Å². The minimum absolute atomic E-state index is 0.257. The standard InChI is InChI=1S/C20H27N/c1-14(2)16-6-10-18(11-7-16)20(21-5)19-12-8-17(9-13-19)15(3)4/h6-15,20-21H,1-5H3. The SMILES string of the molecule is CNC(c1ccc(C(C)C)cc1)c1ccc(C(C)C)cc1. The van der Waals surface area contributed by atoms with Gasteiger partial charge in [-0.15, -0.1) is 0 Å². The molecular formula is C20H27N. The summed E-state index contributed by atoms with van der Waals surface area (Å²) in [7, 11) is 2.03. The molecule has 2 rings (SSSR count). The minimum atomic E-state index is 0.257. The first-order valence-corrected chi connectivity index (χ1v) is 7.90. The summed E-state index contributed by atoms with van der Waals surface area (Å²) >= 11 is 0. The van der Waals surface area contributed by atoms with Gasteiger partial charge in [0.2, 0.25) is 0 Å². The quantitative estimate of drug-likeness (QED) is 0.790. The highest BCUT2D eigenvalue weighted by atomic mass is 14.9. The molecule has 0 spiro atoms. The molecule has 1 heteroatoms. The van der Waals surface area contributed by atoms with Crippen molar-refractivity contribution in [1.82, 2.24) is 5.32 Å². The fraction of sp³-hybridized carbons (Fsp3) is 0.400. The Hall–Kier alpha value is -1.60. The third kappa shape index (κ3) is 3.74. The second kappa shape index (κ2) is 6.91. The van der Waals surface area contributed by atoms with Crippen LogP contribution in [0.25, 0.3) is 0 Å². The number of hydrogen-bond donors (Lipinski definition) is 1. The monoisotopic (exact) mass is 281 g/mol. The van der Waals surface area contributed by atoms with Gasteiger partial charge in [-0.1, -0.05) is 76.2 Å². The van der Waals surface area contributed by atoms with Crippen LogP contribution < -0.4 is 5.32 Å². The first kappa shape index (κ1) is 15.8. The lowest BCUT2D eigenvalue weighted by Gasteiger charge is -2.19. The predicted molar refractivity (Wildman–Crippen MR) is 92.0 cm³/mol. The van der Waals surface area contributed by atoms with Gasteiger partial charge in [0, 0.05) is 0 Å². The summed E-state index contributed by atoms with van der Waals surface area (Å²) in [6.07, 6.45) is 0. The van der Waals surface area contributed by atoms with E-state index in [1.54, 1.807) is 0 Å². The molecule has 2 aromatic carbocycles. The Bertz CT molecular complexity index is 498. The highest BCUT2D eigenvalue weighted by molar-refractivity contribution is 5.36. The molecule has 112 valence electrons. The van der Waals surface area contributed by atoms with E-state index in [1.807, 2.05) is 7.05 Å². The fourth-order valence-electron chi connectivity index (χ4n) is 2.67. The Morgan fingerprint density at radius 2 is 0.857 bits per heavy atom. The summed E-state index contributed by atoms with van der Waals surface area (Å²) in [5.74, 6) is 1.16. The van der Waals surface area contributed by atoms with Gasteiger partial charge in [0.25, 0.3) is 0 Å². The van der Waals surface area contributed by atoms with Gasteiger partial charge >= 0.3 is 0 Å². The summed E-state index contributed by atoms with van der Waals surface area (Å²) in [6.45, 7) is 8.93. The zero-order chi connectivity index (χ0) is 15.4. The van der Waals surface area contributed by atoms with Gasteiger partial charge in [-0.2, -0.15) is 0 Å². The van der Waals surface area contributed by atoms with Crippen molar-refractivity contribution in [2.45, 2.75) is 45.6 Å².